The first-order valence-corrected chi connectivity index (χ1v) is 5.53. The quantitative estimate of drug-likeness (QED) is 0.736. The van der Waals surface area contributed by atoms with Crippen LogP contribution in [0.2, 0.25) is 0 Å². The second-order valence-electron chi connectivity index (χ2n) is 3.69. The topological polar surface area (TPSA) is 55.1 Å². The van der Waals surface area contributed by atoms with E-state index in [0.29, 0.717) is 25.1 Å². The molecule has 0 saturated carbocycles. The molecule has 0 spiro atoms. The third-order valence-corrected chi connectivity index (χ3v) is 2.47. The molecule has 1 aromatic rings. The highest BCUT2D eigenvalue weighted by Crippen LogP contribution is 2.22. The summed E-state index contributed by atoms with van der Waals surface area (Å²) in [7, 11) is 0. The van der Waals surface area contributed by atoms with Crippen molar-refractivity contribution in [1.29, 1.82) is 0 Å². The molecule has 0 aliphatic rings. The van der Waals surface area contributed by atoms with E-state index >= 15 is 0 Å². The van der Waals surface area contributed by atoms with Gasteiger partial charge >= 0.3 is 0 Å². The fourth-order valence-corrected chi connectivity index (χ4v) is 1.65. The van der Waals surface area contributed by atoms with Gasteiger partial charge in [0, 0.05) is 12.1 Å². The standard InChI is InChI=1S/C13H17FN2O/c1-2-9-16-13(17)11(7-8-15)10-5-3-4-6-12(10)14/h2-6,11H,1,7-9,15H2,(H,16,17). The Labute approximate surface area is 101 Å². The molecule has 0 heterocycles. The molecule has 0 aromatic heterocycles. The minimum Gasteiger partial charge on any atom is -0.352 e. The van der Waals surface area contributed by atoms with Gasteiger partial charge in [-0.1, -0.05) is 24.3 Å². The van der Waals surface area contributed by atoms with Gasteiger partial charge in [-0.2, -0.15) is 0 Å². The Morgan fingerprint density at radius 1 is 1.53 bits per heavy atom. The summed E-state index contributed by atoms with van der Waals surface area (Å²) in [6, 6.07) is 6.27. The number of carbonyl (C=O) groups excluding carboxylic acids is 1. The van der Waals surface area contributed by atoms with Crippen molar-refractivity contribution in [1.82, 2.24) is 5.32 Å². The average molecular weight is 236 g/mol. The number of nitrogens with two attached hydrogens (primary N) is 1. The Bertz CT molecular complexity index is 393. The van der Waals surface area contributed by atoms with Gasteiger partial charge in [-0.3, -0.25) is 4.79 Å². The number of nitrogens with one attached hydrogen (secondary N) is 1. The molecule has 1 aromatic carbocycles. The van der Waals surface area contributed by atoms with Gasteiger partial charge in [-0.05, 0) is 19.0 Å². The second-order valence-corrected chi connectivity index (χ2v) is 3.69. The van der Waals surface area contributed by atoms with Crippen LogP contribution >= 0.6 is 0 Å². The molecule has 0 aliphatic carbocycles. The first-order valence-electron chi connectivity index (χ1n) is 5.53. The van der Waals surface area contributed by atoms with Crippen molar-refractivity contribution >= 4 is 5.91 Å². The van der Waals surface area contributed by atoms with Crippen LogP contribution in [0.3, 0.4) is 0 Å². The zero-order valence-electron chi connectivity index (χ0n) is 9.66. The molecule has 1 atom stereocenters. The van der Waals surface area contributed by atoms with E-state index < -0.39 is 5.92 Å². The predicted octanol–water partition coefficient (Wildman–Crippen LogP) is 1.56. The van der Waals surface area contributed by atoms with Gasteiger partial charge in [0.1, 0.15) is 5.82 Å². The summed E-state index contributed by atoms with van der Waals surface area (Å²) in [4.78, 5) is 11.9. The summed E-state index contributed by atoms with van der Waals surface area (Å²) in [6.07, 6.45) is 2.00. The Morgan fingerprint density at radius 2 is 2.24 bits per heavy atom. The van der Waals surface area contributed by atoms with Gasteiger partial charge in [0.2, 0.25) is 5.91 Å². The molecular weight excluding hydrogens is 219 g/mol. The van der Waals surface area contributed by atoms with E-state index in [0.717, 1.165) is 0 Å². The van der Waals surface area contributed by atoms with Gasteiger partial charge in [0.05, 0.1) is 5.92 Å². The molecular formula is C13H17FN2O. The highest BCUT2D eigenvalue weighted by molar-refractivity contribution is 5.83. The van der Waals surface area contributed by atoms with Gasteiger partial charge in [0.15, 0.2) is 0 Å². The third-order valence-electron chi connectivity index (χ3n) is 2.47. The molecule has 3 N–H and O–H groups in total. The fraction of sp³-hybridized carbons (Fsp3) is 0.308. The number of carbonyl (C=O) groups is 1. The molecule has 4 heteroatoms. The largest absolute Gasteiger partial charge is 0.352 e. The smallest absolute Gasteiger partial charge is 0.227 e. The lowest BCUT2D eigenvalue weighted by atomic mass is 9.94. The monoisotopic (exact) mass is 236 g/mol. The van der Waals surface area contributed by atoms with Crippen LogP contribution in [0.4, 0.5) is 4.39 Å². The highest BCUT2D eigenvalue weighted by atomic mass is 19.1. The number of rotatable bonds is 6. The van der Waals surface area contributed by atoms with Crippen LogP contribution in [0.5, 0.6) is 0 Å². The summed E-state index contributed by atoms with van der Waals surface area (Å²) in [6.45, 7) is 4.22. The van der Waals surface area contributed by atoms with Gasteiger partial charge < -0.3 is 11.1 Å². The van der Waals surface area contributed by atoms with E-state index in [1.54, 1.807) is 24.3 Å². The molecule has 92 valence electrons. The second kappa shape index (κ2) is 6.81. The molecule has 0 fully saturated rings. The van der Waals surface area contributed by atoms with Crippen molar-refractivity contribution in [3.63, 3.8) is 0 Å². The van der Waals surface area contributed by atoms with Crippen molar-refractivity contribution in [3.8, 4) is 0 Å². The lowest BCUT2D eigenvalue weighted by Gasteiger charge is -2.16. The average Bonchev–Trinajstić information content (AvgIpc) is 2.34. The van der Waals surface area contributed by atoms with E-state index in [4.69, 9.17) is 5.73 Å². The molecule has 0 radical (unpaired) electrons. The third kappa shape index (κ3) is 3.67. The zero-order chi connectivity index (χ0) is 12.7. The van der Waals surface area contributed by atoms with Crippen LogP contribution in [0.1, 0.15) is 17.9 Å². The van der Waals surface area contributed by atoms with Crippen molar-refractivity contribution < 1.29 is 9.18 Å². The van der Waals surface area contributed by atoms with Crippen LogP contribution in [-0.2, 0) is 4.79 Å². The number of halogens is 1. The first kappa shape index (κ1) is 13.4. The van der Waals surface area contributed by atoms with Crippen molar-refractivity contribution in [2.75, 3.05) is 13.1 Å². The number of hydrogen-bond acceptors (Lipinski definition) is 2. The summed E-state index contributed by atoms with van der Waals surface area (Å²) < 4.78 is 13.6. The molecule has 0 aliphatic heterocycles. The van der Waals surface area contributed by atoms with Crippen LogP contribution in [0.25, 0.3) is 0 Å². The van der Waals surface area contributed by atoms with E-state index in [1.165, 1.54) is 6.07 Å². The summed E-state index contributed by atoms with van der Waals surface area (Å²) >= 11 is 0. The first-order chi connectivity index (χ1) is 8.20. The maximum absolute atomic E-state index is 13.6. The molecule has 0 bridgehead atoms. The minimum atomic E-state index is -0.541. The Hall–Kier alpha value is -1.68. The lowest BCUT2D eigenvalue weighted by Crippen LogP contribution is -2.31. The van der Waals surface area contributed by atoms with Crippen LogP contribution in [-0.4, -0.2) is 19.0 Å². The van der Waals surface area contributed by atoms with E-state index in [9.17, 15) is 9.18 Å². The number of hydrogen-bond donors (Lipinski definition) is 2. The van der Waals surface area contributed by atoms with Crippen molar-refractivity contribution in [2.24, 2.45) is 5.73 Å². The molecule has 17 heavy (non-hydrogen) atoms. The Balaban J connectivity index is 2.88. The number of amides is 1. The normalized spacial score (nSPS) is 11.9. The predicted molar refractivity (Wildman–Crippen MR) is 66.0 cm³/mol. The molecule has 1 amide bonds. The summed E-state index contributed by atoms with van der Waals surface area (Å²) in [5.41, 5.74) is 5.85. The van der Waals surface area contributed by atoms with Crippen LogP contribution < -0.4 is 11.1 Å². The van der Waals surface area contributed by atoms with Gasteiger partial charge in [-0.15, -0.1) is 6.58 Å². The van der Waals surface area contributed by atoms with Crippen LogP contribution in [0.15, 0.2) is 36.9 Å². The molecule has 1 rings (SSSR count). The van der Waals surface area contributed by atoms with E-state index in [-0.39, 0.29) is 11.7 Å². The Kier molecular flexibility index (Phi) is 5.36. The zero-order valence-corrected chi connectivity index (χ0v) is 9.66. The molecule has 0 saturated heterocycles. The SMILES string of the molecule is C=CCNC(=O)C(CCN)c1ccccc1F. The Morgan fingerprint density at radius 3 is 2.82 bits per heavy atom. The van der Waals surface area contributed by atoms with Crippen molar-refractivity contribution in [3.05, 3.63) is 48.3 Å². The number of benzene rings is 1. The van der Waals surface area contributed by atoms with E-state index in [2.05, 4.69) is 11.9 Å². The van der Waals surface area contributed by atoms with Gasteiger partial charge in [0.25, 0.3) is 0 Å². The molecule has 3 nitrogen and oxygen atoms in total. The molecule has 1 unspecified atom stereocenters. The van der Waals surface area contributed by atoms with Gasteiger partial charge in [-0.25, -0.2) is 4.39 Å². The summed E-state index contributed by atoms with van der Waals surface area (Å²) in [5.74, 6) is -1.14. The van der Waals surface area contributed by atoms with Crippen molar-refractivity contribution in [2.45, 2.75) is 12.3 Å². The summed E-state index contributed by atoms with van der Waals surface area (Å²) in [5, 5.41) is 2.66. The van der Waals surface area contributed by atoms with Crippen LogP contribution in [0, 0.1) is 5.82 Å². The minimum absolute atomic E-state index is 0.222. The van der Waals surface area contributed by atoms with E-state index in [1.807, 2.05) is 0 Å². The maximum atomic E-state index is 13.6. The highest BCUT2D eigenvalue weighted by Gasteiger charge is 2.21. The fourth-order valence-electron chi connectivity index (χ4n) is 1.65. The lowest BCUT2D eigenvalue weighted by molar-refractivity contribution is -0.122. The maximum Gasteiger partial charge on any atom is 0.227 e.